The monoisotopic (exact) mass is 446 g/mol. The van der Waals surface area contributed by atoms with E-state index >= 15 is 0 Å². The van der Waals surface area contributed by atoms with Crippen LogP contribution in [-0.4, -0.2) is 65.8 Å². The van der Waals surface area contributed by atoms with Crippen molar-refractivity contribution in [3.05, 3.63) is 35.4 Å². The van der Waals surface area contributed by atoms with Crippen molar-refractivity contribution in [2.75, 3.05) is 64.7 Å². The molecule has 178 valence electrons. The molecule has 7 nitrogen and oxygen atoms in total. The Morgan fingerprint density at radius 1 is 0.938 bits per heavy atom. The summed E-state index contributed by atoms with van der Waals surface area (Å²) >= 11 is 0. The second-order valence-corrected chi connectivity index (χ2v) is 7.31. The first-order valence-corrected chi connectivity index (χ1v) is 11.4. The van der Waals surface area contributed by atoms with Crippen molar-refractivity contribution in [1.29, 1.82) is 5.26 Å². The quantitative estimate of drug-likeness (QED) is 0.144. The van der Waals surface area contributed by atoms with E-state index < -0.39 is 5.97 Å². The fourth-order valence-electron chi connectivity index (χ4n) is 2.89. The molecule has 0 amide bonds. The third kappa shape index (κ3) is 11.8. The molecule has 0 bridgehead atoms. The number of hydrogen-bond donors (Lipinski definition) is 0. The van der Waals surface area contributed by atoms with Crippen LogP contribution in [-0.2, 0) is 23.7 Å². The third-order valence-electron chi connectivity index (χ3n) is 4.74. The Labute approximate surface area is 192 Å². The third-order valence-corrected chi connectivity index (χ3v) is 4.74. The molecule has 1 rings (SSSR count). The Morgan fingerprint density at radius 3 is 2.03 bits per heavy atom. The zero-order valence-corrected chi connectivity index (χ0v) is 19.8. The summed E-state index contributed by atoms with van der Waals surface area (Å²) in [5.74, 6) is -0.649. The maximum absolute atomic E-state index is 12.2. The Bertz CT molecular complexity index is 689. The van der Waals surface area contributed by atoms with Crippen LogP contribution >= 0.6 is 0 Å². The summed E-state index contributed by atoms with van der Waals surface area (Å²) in [5.41, 5.74) is 1.92. The molecule has 0 saturated heterocycles. The average Bonchev–Trinajstić information content (AvgIpc) is 2.82. The summed E-state index contributed by atoms with van der Waals surface area (Å²) in [6.07, 6.45) is 6.17. The van der Waals surface area contributed by atoms with Crippen LogP contribution in [0, 0.1) is 11.3 Å². The maximum atomic E-state index is 12.2. The molecule has 0 unspecified atom stereocenters. The highest BCUT2D eigenvalue weighted by Gasteiger charge is 2.11. The number of anilines is 1. The lowest BCUT2D eigenvalue weighted by molar-refractivity contribution is -0.140. The van der Waals surface area contributed by atoms with Gasteiger partial charge < -0.3 is 23.8 Å². The van der Waals surface area contributed by atoms with E-state index in [1.165, 1.54) is 0 Å². The van der Waals surface area contributed by atoms with Crippen molar-refractivity contribution in [1.82, 2.24) is 0 Å². The van der Waals surface area contributed by atoms with Crippen molar-refractivity contribution in [2.45, 2.75) is 39.5 Å². The van der Waals surface area contributed by atoms with E-state index in [1.807, 2.05) is 30.3 Å². The molecule has 0 atom stereocenters. The molecule has 0 saturated carbocycles. The van der Waals surface area contributed by atoms with Crippen LogP contribution in [0.15, 0.2) is 29.8 Å². The van der Waals surface area contributed by atoms with Crippen molar-refractivity contribution >= 4 is 17.7 Å². The molecular weight excluding hydrogens is 408 g/mol. The Morgan fingerprint density at radius 2 is 1.50 bits per heavy atom. The first kappa shape index (κ1) is 27.6. The number of ether oxygens (including phenoxy) is 4. The molecule has 0 spiro atoms. The van der Waals surface area contributed by atoms with Gasteiger partial charge in [-0.3, -0.25) is 0 Å². The molecule has 1 aromatic carbocycles. The maximum Gasteiger partial charge on any atom is 0.348 e. The molecule has 0 aromatic heterocycles. The van der Waals surface area contributed by atoms with E-state index in [0.717, 1.165) is 50.0 Å². The second kappa shape index (κ2) is 18.2. The largest absolute Gasteiger partial charge is 0.459 e. The summed E-state index contributed by atoms with van der Waals surface area (Å²) < 4.78 is 20.6. The second-order valence-electron chi connectivity index (χ2n) is 7.31. The predicted molar refractivity (Wildman–Crippen MR) is 127 cm³/mol. The minimum atomic E-state index is -0.649. The van der Waals surface area contributed by atoms with Crippen LogP contribution in [0.5, 0.6) is 0 Å². The molecule has 0 radical (unpaired) electrons. The lowest BCUT2D eigenvalue weighted by Crippen LogP contribution is -2.25. The molecule has 0 fully saturated rings. The molecule has 0 aliphatic heterocycles. The van der Waals surface area contributed by atoms with Gasteiger partial charge in [-0.1, -0.05) is 38.8 Å². The minimum Gasteiger partial charge on any atom is -0.459 e. The summed E-state index contributed by atoms with van der Waals surface area (Å²) in [6, 6.07) is 9.87. The van der Waals surface area contributed by atoms with Gasteiger partial charge in [0.15, 0.2) is 0 Å². The fourth-order valence-corrected chi connectivity index (χ4v) is 2.89. The molecule has 32 heavy (non-hydrogen) atoms. The van der Waals surface area contributed by atoms with Gasteiger partial charge in [-0.05, 0) is 36.6 Å². The number of carbonyl (C=O) groups is 1. The number of rotatable bonds is 18. The zero-order valence-electron chi connectivity index (χ0n) is 19.8. The van der Waals surface area contributed by atoms with Gasteiger partial charge in [0.25, 0.3) is 0 Å². The summed E-state index contributed by atoms with van der Waals surface area (Å²) in [4.78, 5) is 14.6. The number of nitriles is 1. The van der Waals surface area contributed by atoms with E-state index in [0.29, 0.717) is 26.4 Å². The van der Waals surface area contributed by atoms with Gasteiger partial charge in [-0.2, -0.15) is 5.26 Å². The normalized spacial score (nSPS) is 11.2. The van der Waals surface area contributed by atoms with Gasteiger partial charge >= 0.3 is 5.97 Å². The zero-order chi connectivity index (χ0) is 23.4. The van der Waals surface area contributed by atoms with Crippen LogP contribution < -0.4 is 4.90 Å². The van der Waals surface area contributed by atoms with Crippen LogP contribution in [0.4, 0.5) is 5.69 Å². The molecule has 7 heteroatoms. The highest BCUT2D eigenvalue weighted by Crippen LogP contribution is 2.18. The van der Waals surface area contributed by atoms with Gasteiger partial charge in [0.1, 0.15) is 18.2 Å². The Hall–Kier alpha value is -2.40. The minimum absolute atomic E-state index is 0.0329. The molecule has 0 heterocycles. The van der Waals surface area contributed by atoms with E-state index in [9.17, 15) is 10.1 Å². The van der Waals surface area contributed by atoms with Crippen LogP contribution in [0.1, 0.15) is 45.1 Å². The highest BCUT2D eigenvalue weighted by molar-refractivity contribution is 5.97. The lowest BCUT2D eigenvalue weighted by atomic mass is 10.1. The molecule has 1 aromatic rings. The number of carbonyl (C=O) groups excluding carboxylic acids is 1. The van der Waals surface area contributed by atoms with E-state index in [2.05, 4.69) is 18.7 Å². The number of benzene rings is 1. The molecule has 0 aliphatic rings. The fraction of sp³-hybridized carbons (Fsp3) is 0.600. The van der Waals surface area contributed by atoms with Gasteiger partial charge in [0.05, 0.1) is 33.0 Å². The number of unbranched alkanes of at least 4 members (excludes halogenated alkanes) is 2. The van der Waals surface area contributed by atoms with E-state index in [1.54, 1.807) is 13.2 Å². The molecule has 0 N–H and O–H groups in total. The van der Waals surface area contributed by atoms with Gasteiger partial charge in [-0.15, -0.1) is 0 Å². The summed E-state index contributed by atoms with van der Waals surface area (Å²) in [7, 11) is 1.61. The van der Waals surface area contributed by atoms with E-state index in [4.69, 9.17) is 18.9 Å². The molecular formula is C25H38N2O5. The summed E-state index contributed by atoms with van der Waals surface area (Å²) in [5, 5.41) is 9.35. The summed E-state index contributed by atoms with van der Waals surface area (Å²) in [6.45, 7) is 8.69. The van der Waals surface area contributed by atoms with Crippen LogP contribution in [0.25, 0.3) is 6.08 Å². The van der Waals surface area contributed by atoms with Crippen molar-refractivity contribution in [3.8, 4) is 6.07 Å². The topological polar surface area (TPSA) is 81.0 Å². The average molecular weight is 447 g/mol. The van der Waals surface area contributed by atoms with E-state index in [-0.39, 0.29) is 18.8 Å². The van der Waals surface area contributed by atoms with Gasteiger partial charge in [0, 0.05) is 25.9 Å². The smallest absolute Gasteiger partial charge is 0.348 e. The standard InChI is InChI=1S/C25H38N2O5/c1-4-6-12-27(13-7-5-2)24-10-8-22(9-11-24)20-23(21-26)25(28)32-19-18-31-17-16-30-15-14-29-3/h8-11,20H,4-7,12-19H2,1-3H3/b23-20+. The Balaban J connectivity index is 2.51. The van der Waals surface area contributed by atoms with Crippen molar-refractivity contribution < 1.29 is 23.7 Å². The SMILES string of the molecule is CCCCN(CCCC)c1ccc(/C=C(\C#N)C(=O)OCCOCCOCCOC)cc1. The lowest BCUT2D eigenvalue weighted by Gasteiger charge is -2.24. The number of hydrogen-bond acceptors (Lipinski definition) is 7. The van der Waals surface area contributed by atoms with Gasteiger partial charge in [0.2, 0.25) is 0 Å². The van der Waals surface area contributed by atoms with Crippen molar-refractivity contribution in [2.24, 2.45) is 0 Å². The first-order valence-electron chi connectivity index (χ1n) is 11.4. The number of methoxy groups -OCH3 is 1. The predicted octanol–water partition coefficient (Wildman–Crippen LogP) is 4.22. The van der Waals surface area contributed by atoms with Crippen LogP contribution in [0.3, 0.4) is 0 Å². The molecule has 0 aliphatic carbocycles. The van der Waals surface area contributed by atoms with Crippen LogP contribution in [0.2, 0.25) is 0 Å². The number of nitrogens with zero attached hydrogens (tertiary/aromatic N) is 2. The van der Waals surface area contributed by atoms with Gasteiger partial charge in [-0.25, -0.2) is 4.79 Å². The van der Waals surface area contributed by atoms with Crippen molar-refractivity contribution in [3.63, 3.8) is 0 Å². The Kier molecular flexibility index (Phi) is 15.7. The number of esters is 1. The highest BCUT2D eigenvalue weighted by atomic mass is 16.6. The first-order chi connectivity index (χ1) is 15.7.